The summed E-state index contributed by atoms with van der Waals surface area (Å²) in [6.45, 7) is 15.0. The van der Waals surface area contributed by atoms with Crippen LogP contribution in [-0.4, -0.2) is 155 Å². The van der Waals surface area contributed by atoms with Gasteiger partial charge >= 0.3 is 29.8 Å². The van der Waals surface area contributed by atoms with Gasteiger partial charge in [0.15, 0.2) is 17.5 Å². The van der Waals surface area contributed by atoms with Crippen LogP contribution in [0.25, 0.3) is 0 Å². The summed E-state index contributed by atoms with van der Waals surface area (Å²) in [6, 6.07) is 28.0. The molecule has 96 heavy (non-hydrogen) atoms. The Morgan fingerprint density at radius 1 is 0.719 bits per heavy atom. The summed E-state index contributed by atoms with van der Waals surface area (Å²) in [5.74, 6) is -11.8. The number of aliphatic hydroxyl groups excluding tert-OH is 1. The number of ketones is 1. The zero-order valence-corrected chi connectivity index (χ0v) is 55.9. The number of fused-ring (bicyclic) bond motifs is 5. The maximum atomic E-state index is 16.0. The van der Waals surface area contributed by atoms with E-state index in [1.54, 1.807) is 113 Å². The van der Waals surface area contributed by atoms with Crippen LogP contribution in [0, 0.1) is 28.1 Å². The molecule has 2 saturated carbocycles. The van der Waals surface area contributed by atoms with Gasteiger partial charge in [-0.1, -0.05) is 146 Å². The van der Waals surface area contributed by atoms with Crippen molar-refractivity contribution in [2.75, 3.05) is 19.7 Å². The number of carbonyl (C=O) groups excluding carboxylic acids is 11. The van der Waals surface area contributed by atoms with Gasteiger partial charge in [-0.3, -0.25) is 43.2 Å². The molecule has 3 fully saturated rings. The van der Waals surface area contributed by atoms with Crippen LogP contribution in [-0.2, 0) is 78.0 Å². The van der Waals surface area contributed by atoms with E-state index in [0.29, 0.717) is 12.0 Å². The largest absolute Gasteiger partial charge is 0.455 e. The molecule has 4 aromatic rings. The quantitative estimate of drug-likeness (QED) is 0.0254. The lowest BCUT2D eigenvalue weighted by atomic mass is 9.44. The van der Waals surface area contributed by atoms with Gasteiger partial charge in [0.25, 0.3) is 5.91 Å². The van der Waals surface area contributed by atoms with E-state index >= 15 is 9.59 Å². The van der Waals surface area contributed by atoms with Gasteiger partial charge in [-0.2, -0.15) is 0 Å². The summed E-state index contributed by atoms with van der Waals surface area (Å²) in [4.78, 5) is 157. The highest BCUT2D eigenvalue weighted by molar-refractivity contribution is 5.98. The highest BCUT2D eigenvalue weighted by Crippen LogP contribution is 2.64. The molecule has 1 heterocycles. The monoisotopic (exact) mass is 1330 g/mol. The highest BCUT2D eigenvalue weighted by Gasteiger charge is 2.78. The second kappa shape index (κ2) is 29.9. The molecule has 5 amide bonds. The predicted molar refractivity (Wildman–Crippen MR) is 345 cm³/mol. The fourth-order valence-corrected chi connectivity index (χ4v) is 13.6. The lowest BCUT2D eigenvalue weighted by Gasteiger charge is -2.67. The molecular weight excluding hydrogens is 1240 g/mol. The van der Waals surface area contributed by atoms with E-state index in [4.69, 9.17) is 28.4 Å². The molecule has 0 radical (unpaired) electrons. The van der Waals surface area contributed by atoms with Crippen molar-refractivity contribution in [1.29, 1.82) is 0 Å². The van der Waals surface area contributed by atoms with Gasteiger partial charge in [0.05, 0.1) is 36.2 Å². The van der Waals surface area contributed by atoms with Crippen LogP contribution in [0.3, 0.4) is 0 Å². The van der Waals surface area contributed by atoms with Crippen LogP contribution in [0.5, 0.6) is 0 Å². The zero-order valence-electron chi connectivity index (χ0n) is 55.9. The molecule has 3 aliphatic carbocycles. The van der Waals surface area contributed by atoms with Crippen molar-refractivity contribution in [2.45, 2.75) is 174 Å². The second-order valence-electron chi connectivity index (χ2n) is 27.0. The van der Waals surface area contributed by atoms with Crippen LogP contribution in [0.2, 0.25) is 0 Å². The second-order valence-corrected chi connectivity index (χ2v) is 27.0. The molecule has 0 aromatic heterocycles. The van der Waals surface area contributed by atoms with Crippen molar-refractivity contribution >= 4 is 65.2 Å². The third-order valence-corrected chi connectivity index (χ3v) is 19.3. The molecule has 1 saturated heterocycles. The topological polar surface area (TPSA) is 344 Å². The Morgan fingerprint density at radius 3 is 1.88 bits per heavy atom. The average molecular weight is 1330 g/mol. The summed E-state index contributed by atoms with van der Waals surface area (Å²) >= 11 is 0. The van der Waals surface area contributed by atoms with Gasteiger partial charge in [-0.15, -0.1) is 0 Å². The van der Waals surface area contributed by atoms with Crippen molar-refractivity contribution < 1.29 is 91.4 Å². The molecule has 24 nitrogen and oxygen atoms in total. The van der Waals surface area contributed by atoms with Gasteiger partial charge in [-0.25, -0.2) is 9.59 Å². The first kappa shape index (κ1) is 72.7. The lowest BCUT2D eigenvalue weighted by molar-refractivity contribution is -0.346. The molecule has 8 rings (SSSR count). The summed E-state index contributed by atoms with van der Waals surface area (Å²) in [6.07, 6.45) is -11.2. The number of hydrogen-bond acceptors (Lipinski definition) is 19. The van der Waals surface area contributed by atoms with Crippen LogP contribution in [0.15, 0.2) is 132 Å². The normalized spacial score (nSPS) is 25.3. The van der Waals surface area contributed by atoms with Crippen molar-refractivity contribution in [3.8, 4) is 0 Å². The molecule has 2 bridgehead atoms. The number of Topliss-reactive ketones (excluding diaryl/α,β-unsaturated/α-hetero) is 1. The maximum Gasteiger partial charge on any atom is 0.350 e. The Morgan fingerprint density at radius 2 is 1.31 bits per heavy atom. The van der Waals surface area contributed by atoms with Crippen LogP contribution in [0.4, 0.5) is 0 Å². The number of ether oxygens (including phenoxy) is 6. The minimum Gasteiger partial charge on any atom is -0.455 e. The minimum absolute atomic E-state index is 0.00793. The first-order chi connectivity index (χ1) is 45.3. The SMILES string of the molecule is CCC(C)(C)C(=O)NCC(=O)N[C@@H](Cc1ccccc1)C(=O)N[C@@H](CC(C)C)C(=O)NCC(=O)O[C@@H](C(=O)O[C@H]1C[C@@]2(O)[C@@H](OC(=O)c3ccccc3)[C@@H]3[C@]4(OC(C)=O)CO[C@@H]4C[C@H](O)[C@@]3(C)C(=O)[C@H](OC(C)=O)C(=C1C)C2(C)C)[C@@H](NC(=O)c1ccccc1)c1ccccc1. The van der Waals surface area contributed by atoms with Gasteiger partial charge in [0, 0.05) is 49.5 Å². The molecular formula is C72H87N5O19. The van der Waals surface area contributed by atoms with Crippen LogP contribution >= 0.6 is 0 Å². The van der Waals surface area contributed by atoms with E-state index < -0.39 is 173 Å². The molecule has 13 atom stereocenters. The fourth-order valence-electron chi connectivity index (χ4n) is 13.6. The molecule has 7 N–H and O–H groups in total. The number of rotatable bonds is 25. The van der Waals surface area contributed by atoms with Crippen LogP contribution in [0.1, 0.15) is 140 Å². The Labute approximate surface area is 557 Å². The fraction of sp³-hybridized carbons (Fsp3) is 0.486. The summed E-state index contributed by atoms with van der Waals surface area (Å²) in [5, 5.41) is 39.9. The zero-order chi connectivity index (χ0) is 70.2. The van der Waals surface area contributed by atoms with E-state index in [1.165, 1.54) is 64.1 Å². The Balaban J connectivity index is 1.17. The van der Waals surface area contributed by atoms with E-state index in [0.717, 1.165) is 13.8 Å². The van der Waals surface area contributed by atoms with Crippen molar-refractivity contribution in [3.63, 3.8) is 0 Å². The first-order valence-corrected chi connectivity index (χ1v) is 32.2. The third kappa shape index (κ3) is 15.4. The number of amides is 5. The molecule has 514 valence electrons. The van der Waals surface area contributed by atoms with E-state index in [9.17, 15) is 53.4 Å². The molecule has 24 heteroatoms. The summed E-state index contributed by atoms with van der Waals surface area (Å²) in [5.41, 5.74) is -8.39. The van der Waals surface area contributed by atoms with Crippen molar-refractivity contribution in [3.05, 3.63) is 155 Å². The molecule has 1 aliphatic heterocycles. The number of benzene rings is 4. The van der Waals surface area contributed by atoms with Crippen molar-refractivity contribution in [2.24, 2.45) is 28.1 Å². The summed E-state index contributed by atoms with van der Waals surface area (Å²) in [7, 11) is 0. The first-order valence-electron chi connectivity index (χ1n) is 32.2. The van der Waals surface area contributed by atoms with E-state index in [-0.39, 0.29) is 58.9 Å². The standard InChI is InChI=1S/C72H87N5O19/c1-12-68(7,8)67(89)74-37-53(81)75-49(34-44-25-17-13-18-26-44)64(86)76-48(33-40(2)3)63(85)73-38-54(82)94-58(56(45-27-19-14-20-28-45)77-62(84)46-29-21-15-22-30-46)66(88)93-50-36-72(90)61(95-65(87)47-31-23-16-24-32-47)59-70(11,51(80)35-52-71(59,39-91-52)96-43(6)79)60(83)57(92-42(5)78)55(41(50)4)69(72,9)10/h13-32,40,48-52,56-59,61,80,90H,12,33-39H2,1-11H3,(H,73,85)(H,74,89)(H,75,81)(H,76,86)(H,77,84)/t48-,49-,50-,51-,52+,56-,57+,58+,59-,61-,70+,71-,72+/m0/s1. The van der Waals surface area contributed by atoms with Gasteiger partial charge < -0.3 is 65.2 Å². The van der Waals surface area contributed by atoms with E-state index in [1.807, 2.05) is 6.92 Å². The van der Waals surface area contributed by atoms with Crippen molar-refractivity contribution in [1.82, 2.24) is 26.6 Å². The number of nitrogens with one attached hydrogen (secondary N) is 5. The van der Waals surface area contributed by atoms with Gasteiger partial charge in [-0.05, 0) is 79.1 Å². The minimum atomic E-state index is -2.58. The number of esters is 5. The maximum absolute atomic E-state index is 16.0. The van der Waals surface area contributed by atoms with Gasteiger partial charge in [0.1, 0.15) is 48.6 Å². The molecule has 4 aliphatic rings. The molecule has 0 spiro atoms. The number of aliphatic hydroxyl groups is 2. The number of hydrogen-bond donors (Lipinski definition) is 7. The highest BCUT2D eigenvalue weighted by atomic mass is 16.6. The third-order valence-electron chi connectivity index (χ3n) is 19.3. The average Bonchev–Trinajstić information content (AvgIpc) is 0.670. The summed E-state index contributed by atoms with van der Waals surface area (Å²) < 4.78 is 37.2. The predicted octanol–water partition coefficient (Wildman–Crippen LogP) is 5.21. The Bertz CT molecular complexity index is 3600. The smallest absolute Gasteiger partial charge is 0.350 e. The molecule has 0 unspecified atom stereocenters. The number of carbonyl (C=O) groups is 11. The molecule has 4 aromatic carbocycles. The Hall–Kier alpha value is -9.13. The Kier molecular flexibility index (Phi) is 22.6. The van der Waals surface area contributed by atoms with Gasteiger partial charge in [0.2, 0.25) is 29.7 Å². The lowest BCUT2D eigenvalue weighted by Crippen LogP contribution is -2.82. The van der Waals surface area contributed by atoms with Crippen LogP contribution < -0.4 is 26.6 Å². The van der Waals surface area contributed by atoms with E-state index in [2.05, 4.69) is 26.6 Å².